The molecule has 0 aliphatic heterocycles. The van der Waals surface area contributed by atoms with Crippen molar-refractivity contribution in [2.45, 2.75) is 0 Å². The molecule has 1 aromatic carbocycles. The number of benzene rings is 1. The maximum atomic E-state index is 3.75. The summed E-state index contributed by atoms with van der Waals surface area (Å²) < 4.78 is 0. The van der Waals surface area contributed by atoms with Gasteiger partial charge in [-0.3, -0.25) is 0 Å². The summed E-state index contributed by atoms with van der Waals surface area (Å²) in [5.74, 6) is 0. The van der Waals surface area contributed by atoms with E-state index in [1.807, 2.05) is 30.4 Å². The van der Waals surface area contributed by atoms with Gasteiger partial charge in [-0.15, -0.1) is 6.58 Å². The standard InChI is InChI=1S/C12H12P/c1-3-8-11(4-2)13-12-9-6-5-7-10-12/h3-10H,1-2H2/q-1/b11-8+. The van der Waals surface area contributed by atoms with Crippen LogP contribution in [0.2, 0.25) is 0 Å². The van der Waals surface area contributed by atoms with Gasteiger partial charge in [0.05, 0.1) is 0 Å². The minimum atomic E-state index is 1.17. The van der Waals surface area contributed by atoms with Gasteiger partial charge in [-0.2, -0.15) is 0 Å². The molecule has 0 atom stereocenters. The third-order valence-electron chi connectivity index (χ3n) is 1.51. The molecule has 0 aromatic heterocycles. The van der Waals surface area contributed by atoms with Crippen molar-refractivity contribution < 1.29 is 0 Å². The topological polar surface area (TPSA) is 0 Å². The lowest BCUT2D eigenvalue weighted by atomic mass is 10.4. The van der Waals surface area contributed by atoms with Crippen LogP contribution in [0.4, 0.5) is 0 Å². The zero-order valence-corrected chi connectivity index (χ0v) is 8.37. The first-order chi connectivity index (χ1) is 6.36. The average Bonchev–Trinajstić information content (AvgIpc) is 2.19. The van der Waals surface area contributed by atoms with Crippen molar-refractivity contribution in [1.82, 2.24) is 0 Å². The average molecular weight is 187 g/mol. The van der Waals surface area contributed by atoms with Crippen LogP contribution >= 0.6 is 8.58 Å². The summed E-state index contributed by atoms with van der Waals surface area (Å²) in [4.78, 5) is 0. The molecule has 0 saturated carbocycles. The van der Waals surface area contributed by atoms with E-state index in [0.717, 1.165) is 0 Å². The van der Waals surface area contributed by atoms with Crippen LogP contribution < -0.4 is 5.30 Å². The second kappa shape index (κ2) is 5.50. The Hall–Kier alpha value is -1.13. The lowest BCUT2D eigenvalue weighted by molar-refractivity contribution is 1.77. The molecule has 13 heavy (non-hydrogen) atoms. The van der Waals surface area contributed by atoms with Gasteiger partial charge in [-0.1, -0.05) is 55.1 Å². The molecule has 1 heteroatoms. The van der Waals surface area contributed by atoms with Crippen LogP contribution in [0.3, 0.4) is 0 Å². The minimum absolute atomic E-state index is 1.17. The van der Waals surface area contributed by atoms with Crippen LogP contribution in [0.1, 0.15) is 0 Å². The van der Waals surface area contributed by atoms with E-state index in [-0.39, 0.29) is 0 Å². The van der Waals surface area contributed by atoms with E-state index in [2.05, 4.69) is 25.3 Å². The first-order valence-corrected chi connectivity index (χ1v) is 4.98. The molecule has 0 aliphatic carbocycles. The molecule has 0 aliphatic rings. The second-order valence-electron chi connectivity index (χ2n) is 2.48. The largest absolute Gasteiger partial charge is 0.472 e. The van der Waals surface area contributed by atoms with Gasteiger partial charge in [0, 0.05) is 0 Å². The van der Waals surface area contributed by atoms with E-state index >= 15 is 0 Å². The molecule has 1 aromatic rings. The molecule has 0 amide bonds. The summed E-state index contributed by atoms with van der Waals surface area (Å²) >= 11 is 0. The lowest BCUT2D eigenvalue weighted by Crippen LogP contribution is -1.90. The highest BCUT2D eigenvalue weighted by Gasteiger charge is 1.77. The van der Waals surface area contributed by atoms with Crippen molar-refractivity contribution in [3.63, 3.8) is 0 Å². The molecule has 0 heterocycles. The smallest absolute Gasteiger partial charge is 0.0624 e. The van der Waals surface area contributed by atoms with E-state index in [4.69, 9.17) is 0 Å². The van der Waals surface area contributed by atoms with E-state index in [0.29, 0.717) is 0 Å². The first-order valence-electron chi connectivity index (χ1n) is 4.09. The zero-order valence-electron chi connectivity index (χ0n) is 7.48. The predicted octanol–water partition coefficient (Wildman–Crippen LogP) is 3.51. The Morgan fingerprint density at radius 2 is 1.85 bits per heavy atom. The van der Waals surface area contributed by atoms with Gasteiger partial charge < -0.3 is 8.58 Å². The molecule has 0 fully saturated rings. The molecule has 0 spiro atoms. The van der Waals surface area contributed by atoms with Gasteiger partial charge in [0.2, 0.25) is 0 Å². The summed E-state index contributed by atoms with van der Waals surface area (Å²) in [7, 11) is 1.18. The van der Waals surface area contributed by atoms with Crippen LogP contribution in [0.15, 0.2) is 67.0 Å². The van der Waals surface area contributed by atoms with Gasteiger partial charge in [-0.25, -0.2) is 10.6 Å². The monoisotopic (exact) mass is 187 g/mol. The van der Waals surface area contributed by atoms with Gasteiger partial charge in [0.15, 0.2) is 0 Å². The normalized spacial score (nSPS) is 11.8. The minimum Gasteiger partial charge on any atom is -0.472 e. The molecule has 0 saturated heterocycles. The van der Waals surface area contributed by atoms with Crippen molar-refractivity contribution in [3.8, 4) is 0 Å². The second-order valence-corrected chi connectivity index (χ2v) is 3.74. The molecule has 0 nitrogen and oxygen atoms in total. The maximum Gasteiger partial charge on any atom is -0.0624 e. The molecule has 0 N–H and O–H groups in total. The molecule has 66 valence electrons. The SMILES string of the molecule is C=C/C=C(\C=C)[P-]c1ccccc1. The zero-order chi connectivity index (χ0) is 9.52. The van der Waals surface area contributed by atoms with Crippen molar-refractivity contribution in [2.75, 3.05) is 0 Å². The molecule has 0 radical (unpaired) electrons. The quantitative estimate of drug-likeness (QED) is 0.499. The first kappa shape index (κ1) is 9.95. The number of rotatable bonds is 4. The highest BCUT2D eigenvalue weighted by molar-refractivity contribution is 7.52. The van der Waals surface area contributed by atoms with Crippen LogP contribution in [0, 0.1) is 0 Å². The predicted molar refractivity (Wildman–Crippen MR) is 61.5 cm³/mol. The number of hydrogen-bond donors (Lipinski definition) is 0. The highest BCUT2D eigenvalue weighted by atomic mass is 31.1. The molecular formula is C12H12P-. The van der Waals surface area contributed by atoms with Gasteiger partial charge in [-0.05, 0) is 0 Å². The lowest BCUT2D eigenvalue weighted by Gasteiger charge is -2.19. The Bertz CT molecular complexity index is 309. The summed E-state index contributed by atoms with van der Waals surface area (Å²) in [6, 6.07) is 10.3. The fraction of sp³-hybridized carbons (Fsp3) is 0. The number of hydrogen-bond acceptors (Lipinski definition) is 0. The van der Waals surface area contributed by atoms with Crippen LogP contribution in [-0.4, -0.2) is 0 Å². The van der Waals surface area contributed by atoms with Crippen molar-refractivity contribution >= 4 is 13.9 Å². The number of allylic oxidation sites excluding steroid dienone is 4. The fourth-order valence-electron chi connectivity index (χ4n) is 0.923. The Morgan fingerprint density at radius 1 is 1.15 bits per heavy atom. The van der Waals surface area contributed by atoms with Crippen molar-refractivity contribution in [2.24, 2.45) is 0 Å². The van der Waals surface area contributed by atoms with Gasteiger partial charge >= 0.3 is 0 Å². The molecule has 0 bridgehead atoms. The summed E-state index contributed by atoms with van der Waals surface area (Å²) in [5, 5.41) is 2.44. The Labute approximate surface area is 81.5 Å². The van der Waals surface area contributed by atoms with E-state index in [9.17, 15) is 0 Å². The summed E-state index contributed by atoms with van der Waals surface area (Å²) in [6.45, 7) is 7.41. The Balaban J connectivity index is 2.73. The maximum absolute atomic E-state index is 3.75. The Morgan fingerprint density at radius 3 is 2.38 bits per heavy atom. The third kappa shape index (κ3) is 3.40. The Kier molecular flexibility index (Phi) is 4.21. The van der Waals surface area contributed by atoms with Crippen LogP contribution in [-0.2, 0) is 0 Å². The van der Waals surface area contributed by atoms with Crippen LogP contribution in [0.5, 0.6) is 0 Å². The molecular weight excluding hydrogens is 175 g/mol. The summed E-state index contributed by atoms with van der Waals surface area (Å²) in [6.07, 6.45) is 5.62. The van der Waals surface area contributed by atoms with Crippen LogP contribution in [0.25, 0.3) is 0 Å². The van der Waals surface area contributed by atoms with Crippen molar-refractivity contribution in [3.05, 3.63) is 67.0 Å². The molecule has 1 rings (SSSR count). The van der Waals surface area contributed by atoms with Gasteiger partial charge in [0.1, 0.15) is 0 Å². The van der Waals surface area contributed by atoms with E-state index < -0.39 is 0 Å². The highest BCUT2D eigenvalue weighted by Crippen LogP contribution is 2.23. The fourth-order valence-corrected chi connectivity index (χ4v) is 1.81. The van der Waals surface area contributed by atoms with E-state index in [1.165, 1.54) is 19.2 Å². The van der Waals surface area contributed by atoms with Gasteiger partial charge in [0.25, 0.3) is 0 Å². The van der Waals surface area contributed by atoms with Crippen molar-refractivity contribution in [1.29, 1.82) is 0 Å². The third-order valence-corrected chi connectivity index (χ3v) is 2.66. The molecule has 0 unspecified atom stereocenters. The van der Waals surface area contributed by atoms with E-state index in [1.54, 1.807) is 6.08 Å². The summed E-state index contributed by atoms with van der Waals surface area (Å²) in [5.41, 5.74) is 0.